The van der Waals surface area contributed by atoms with Crippen molar-refractivity contribution in [2.24, 2.45) is 0 Å². The monoisotopic (exact) mass is 273 g/mol. The number of hydrogen-bond donors (Lipinski definition) is 1. The molecule has 2 aromatic rings. The van der Waals surface area contributed by atoms with Gasteiger partial charge >= 0.3 is 0 Å². The highest BCUT2D eigenvalue weighted by atomic mass is 16.5. The second kappa shape index (κ2) is 7.27. The maximum absolute atomic E-state index is 5.51. The summed E-state index contributed by atoms with van der Waals surface area (Å²) in [7, 11) is 3.46. The number of benzene rings is 2. The first-order chi connectivity index (χ1) is 9.76. The van der Waals surface area contributed by atoms with Gasteiger partial charge in [-0.25, -0.2) is 0 Å². The molecule has 3 nitrogen and oxygen atoms in total. The van der Waals surface area contributed by atoms with Crippen molar-refractivity contribution in [2.75, 3.05) is 27.4 Å². The molecule has 0 unspecified atom stereocenters. The second-order valence-electron chi connectivity index (χ2n) is 5.03. The standard InChI is InChI=1S/C17H23NO2/c1-13(12-19-2)18-11-10-16-15-7-5-4-6-14(15)8-9-17(16)20-3/h4-9,13,18H,10-12H2,1-3H3/t13-/m1/s1. The number of methoxy groups -OCH3 is 2. The van der Waals surface area contributed by atoms with E-state index in [-0.39, 0.29) is 0 Å². The summed E-state index contributed by atoms with van der Waals surface area (Å²) >= 11 is 0. The highest BCUT2D eigenvalue weighted by Crippen LogP contribution is 2.28. The third-order valence-electron chi connectivity index (χ3n) is 3.50. The third kappa shape index (κ3) is 3.50. The molecule has 0 aliphatic carbocycles. The zero-order chi connectivity index (χ0) is 14.4. The Bertz CT molecular complexity index is 554. The van der Waals surface area contributed by atoms with Crippen LogP contribution in [0.25, 0.3) is 10.8 Å². The number of nitrogens with one attached hydrogen (secondary N) is 1. The molecule has 0 aliphatic heterocycles. The molecule has 20 heavy (non-hydrogen) atoms. The van der Waals surface area contributed by atoms with Gasteiger partial charge in [-0.1, -0.05) is 30.3 Å². The average molecular weight is 273 g/mol. The first-order valence-electron chi connectivity index (χ1n) is 7.03. The van der Waals surface area contributed by atoms with Gasteiger partial charge in [-0.05, 0) is 36.7 Å². The normalized spacial score (nSPS) is 12.6. The second-order valence-corrected chi connectivity index (χ2v) is 5.03. The summed E-state index contributed by atoms with van der Waals surface area (Å²) in [5.74, 6) is 0.963. The molecule has 0 spiro atoms. The summed E-state index contributed by atoms with van der Waals surface area (Å²) in [6, 6.07) is 13.0. The van der Waals surface area contributed by atoms with Crippen LogP contribution >= 0.6 is 0 Å². The maximum Gasteiger partial charge on any atom is 0.122 e. The van der Waals surface area contributed by atoms with Crippen LogP contribution in [0.2, 0.25) is 0 Å². The topological polar surface area (TPSA) is 30.5 Å². The summed E-state index contributed by atoms with van der Waals surface area (Å²) in [5, 5.41) is 6.00. The number of rotatable bonds is 7. The minimum absolute atomic E-state index is 0.362. The Kier molecular flexibility index (Phi) is 5.39. The predicted octanol–water partition coefficient (Wildman–Crippen LogP) is 3.02. The summed E-state index contributed by atoms with van der Waals surface area (Å²) in [4.78, 5) is 0. The van der Waals surface area contributed by atoms with Crippen LogP contribution in [-0.2, 0) is 11.2 Å². The van der Waals surface area contributed by atoms with E-state index in [1.54, 1.807) is 14.2 Å². The molecule has 3 heteroatoms. The van der Waals surface area contributed by atoms with Crippen molar-refractivity contribution >= 4 is 10.8 Å². The van der Waals surface area contributed by atoms with E-state index in [0.29, 0.717) is 6.04 Å². The fraction of sp³-hybridized carbons (Fsp3) is 0.412. The van der Waals surface area contributed by atoms with E-state index >= 15 is 0 Å². The molecule has 0 aromatic heterocycles. The smallest absolute Gasteiger partial charge is 0.122 e. The van der Waals surface area contributed by atoms with Gasteiger partial charge in [0.1, 0.15) is 5.75 Å². The van der Waals surface area contributed by atoms with Gasteiger partial charge in [0.15, 0.2) is 0 Å². The number of ether oxygens (including phenoxy) is 2. The van der Waals surface area contributed by atoms with Crippen LogP contribution in [0.3, 0.4) is 0 Å². The van der Waals surface area contributed by atoms with Crippen molar-refractivity contribution in [3.8, 4) is 5.75 Å². The van der Waals surface area contributed by atoms with Gasteiger partial charge in [0.2, 0.25) is 0 Å². The van der Waals surface area contributed by atoms with Crippen molar-refractivity contribution in [3.63, 3.8) is 0 Å². The third-order valence-corrected chi connectivity index (χ3v) is 3.50. The lowest BCUT2D eigenvalue weighted by Gasteiger charge is -2.15. The zero-order valence-electron chi connectivity index (χ0n) is 12.5. The van der Waals surface area contributed by atoms with Gasteiger partial charge in [0.05, 0.1) is 13.7 Å². The van der Waals surface area contributed by atoms with Crippen LogP contribution in [0, 0.1) is 0 Å². The summed E-state index contributed by atoms with van der Waals surface area (Å²) in [5.41, 5.74) is 1.27. The van der Waals surface area contributed by atoms with Gasteiger partial charge in [-0.15, -0.1) is 0 Å². The SMILES string of the molecule is COC[C@@H](C)NCCc1c(OC)ccc2ccccc12. The fourth-order valence-electron chi connectivity index (χ4n) is 2.52. The van der Waals surface area contributed by atoms with Crippen molar-refractivity contribution in [3.05, 3.63) is 42.0 Å². The van der Waals surface area contributed by atoms with E-state index in [1.807, 2.05) is 0 Å². The summed E-state index contributed by atoms with van der Waals surface area (Å²) < 4.78 is 10.6. The Balaban J connectivity index is 2.15. The van der Waals surface area contributed by atoms with E-state index in [4.69, 9.17) is 9.47 Å². The van der Waals surface area contributed by atoms with Gasteiger partial charge in [0.25, 0.3) is 0 Å². The van der Waals surface area contributed by atoms with Crippen molar-refractivity contribution in [1.82, 2.24) is 5.32 Å². The van der Waals surface area contributed by atoms with E-state index in [1.165, 1.54) is 16.3 Å². The molecule has 1 N–H and O–H groups in total. The zero-order valence-corrected chi connectivity index (χ0v) is 12.5. The van der Waals surface area contributed by atoms with Crippen molar-refractivity contribution < 1.29 is 9.47 Å². The predicted molar refractivity (Wildman–Crippen MR) is 83.5 cm³/mol. The van der Waals surface area contributed by atoms with Gasteiger partial charge in [-0.3, -0.25) is 0 Å². The summed E-state index contributed by atoms with van der Waals surface area (Å²) in [6.07, 6.45) is 0.943. The highest BCUT2D eigenvalue weighted by Gasteiger charge is 2.08. The molecule has 0 bridgehead atoms. The molecule has 0 radical (unpaired) electrons. The van der Waals surface area contributed by atoms with Crippen LogP contribution in [-0.4, -0.2) is 33.4 Å². The molecule has 0 heterocycles. The van der Waals surface area contributed by atoms with Crippen LogP contribution in [0.15, 0.2) is 36.4 Å². The molecule has 2 aromatic carbocycles. The Hall–Kier alpha value is -1.58. The first kappa shape index (κ1) is 14.8. The molecule has 1 atom stereocenters. The highest BCUT2D eigenvalue weighted by molar-refractivity contribution is 5.87. The van der Waals surface area contributed by atoms with E-state index in [9.17, 15) is 0 Å². The molecule has 0 fully saturated rings. The molecule has 0 saturated heterocycles. The van der Waals surface area contributed by atoms with Gasteiger partial charge in [-0.2, -0.15) is 0 Å². The minimum atomic E-state index is 0.362. The Labute approximate surface area is 120 Å². The molecule has 0 aliphatic rings. The van der Waals surface area contributed by atoms with Crippen LogP contribution in [0.5, 0.6) is 5.75 Å². The van der Waals surface area contributed by atoms with Crippen LogP contribution in [0.1, 0.15) is 12.5 Å². The van der Waals surface area contributed by atoms with E-state index in [2.05, 4.69) is 48.6 Å². The first-order valence-corrected chi connectivity index (χ1v) is 7.03. The fourth-order valence-corrected chi connectivity index (χ4v) is 2.52. The van der Waals surface area contributed by atoms with Crippen molar-refractivity contribution in [2.45, 2.75) is 19.4 Å². The van der Waals surface area contributed by atoms with Gasteiger partial charge < -0.3 is 14.8 Å². The molecule has 2 rings (SSSR count). The quantitative estimate of drug-likeness (QED) is 0.841. The molecular weight excluding hydrogens is 250 g/mol. The van der Waals surface area contributed by atoms with E-state index < -0.39 is 0 Å². The van der Waals surface area contributed by atoms with Crippen molar-refractivity contribution in [1.29, 1.82) is 0 Å². The lowest BCUT2D eigenvalue weighted by Crippen LogP contribution is -2.31. The lowest BCUT2D eigenvalue weighted by molar-refractivity contribution is 0.172. The van der Waals surface area contributed by atoms with Crippen LogP contribution < -0.4 is 10.1 Å². The molecule has 0 amide bonds. The lowest BCUT2D eigenvalue weighted by atomic mass is 10.0. The number of fused-ring (bicyclic) bond motifs is 1. The molecular formula is C17H23NO2. The van der Waals surface area contributed by atoms with Gasteiger partial charge in [0, 0.05) is 18.7 Å². The van der Waals surface area contributed by atoms with E-state index in [0.717, 1.165) is 25.3 Å². The molecule has 0 saturated carbocycles. The van der Waals surface area contributed by atoms with Crippen LogP contribution in [0.4, 0.5) is 0 Å². The Morgan fingerprint density at radius 1 is 1.10 bits per heavy atom. The minimum Gasteiger partial charge on any atom is -0.496 e. The number of hydrogen-bond acceptors (Lipinski definition) is 3. The largest absolute Gasteiger partial charge is 0.496 e. The Morgan fingerprint density at radius 2 is 1.90 bits per heavy atom. The Morgan fingerprint density at radius 3 is 2.65 bits per heavy atom. The average Bonchev–Trinajstić information content (AvgIpc) is 2.47. The molecule has 108 valence electrons. The maximum atomic E-state index is 5.51. The summed E-state index contributed by atoms with van der Waals surface area (Å²) in [6.45, 7) is 3.77.